The molecule has 0 spiro atoms. The molecule has 0 amide bonds. The molecule has 6 nitrogen and oxygen atoms in total. The Kier molecular flexibility index (Phi) is 5.52. The second-order valence-electron chi connectivity index (χ2n) is 9.29. The van der Waals surface area contributed by atoms with Crippen molar-refractivity contribution in [2.45, 2.75) is 51.1 Å². The van der Waals surface area contributed by atoms with Crippen LogP contribution >= 0.6 is 0 Å². The number of hydrogen-bond acceptors (Lipinski definition) is 5. The molecule has 1 saturated heterocycles. The Morgan fingerprint density at radius 1 is 0.848 bits per heavy atom. The number of fused-ring (bicyclic) bond motifs is 2. The summed E-state index contributed by atoms with van der Waals surface area (Å²) in [5.41, 5.74) is 4.96. The van der Waals surface area contributed by atoms with Gasteiger partial charge >= 0.3 is 0 Å². The Hall–Kier alpha value is -3.25. The summed E-state index contributed by atoms with van der Waals surface area (Å²) in [5.74, 6) is 2.57. The van der Waals surface area contributed by atoms with E-state index in [-0.39, 0.29) is 0 Å². The molecule has 6 heteroatoms. The van der Waals surface area contributed by atoms with Gasteiger partial charge in [-0.25, -0.2) is 4.98 Å². The van der Waals surface area contributed by atoms with Crippen molar-refractivity contribution < 1.29 is 0 Å². The Balaban J connectivity index is 1.25. The monoisotopic (exact) mass is 438 g/mol. The van der Waals surface area contributed by atoms with Crippen LogP contribution in [0.15, 0.2) is 60.7 Å². The van der Waals surface area contributed by atoms with E-state index < -0.39 is 0 Å². The second kappa shape index (κ2) is 8.94. The van der Waals surface area contributed by atoms with Crippen molar-refractivity contribution in [3.63, 3.8) is 0 Å². The molecule has 1 fully saturated rings. The highest BCUT2D eigenvalue weighted by molar-refractivity contribution is 5.60. The number of nitrogens with zero attached hydrogens (tertiary/aromatic N) is 5. The molecule has 0 saturated carbocycles. The summed E-state index contributed by atoms with van der Waals surface area (Å²) in [4.78, 5) is 12.3. The van der Waals surface area contributed by atoms with Crippen molar-refractivity contribution in [2.75, 3.05) is 18.4 Å². The van der Waals surface area contributed by atoms with Gasteiger partial charge in [-0.1, -0.05) is 60.7 Å². The van der Waals surface area contributed by atoms with Gasteiger partial charge in [-0.2, -0.15) is 9.50 Å². The number of hydrogen-bond donors (Lipinski definition) is 1. The van der Waals surface area contributed by atoms with E-state index >= 15 is 0 Å². The van der Waals surface area contributed by atoms with Gasteiger partial charge in [0.1, 0.15) is 5.82 Å². The van der Waals surface area contributed by atoms with E-state index in [9.17, 15) is 0 Å². The zero-order valence-corrected chi connectivity index (χ0v) is 19.0. The van der Waals surface area contributed by atoms with E-state index in [1.54, 1.807) is 0 Å². The van der Waals surface area contributed by atoms with Crippen LogP contribution in [0.25, 0.3) is 17.2 Å². The van der Waals surface area contributed by atoms with Crippen LogP contribution in [-0.4, -0.2) is 43.6 Å². The van der Waals surface area contributed by atoms with Gasteiger partial charge in [0.2, 0.25) is 0 Å². The Labute approximate surface area is 194 Å². The second-order valence-corrected chi connectivity index (χ2v) is 9.29. The van der Waals surface area contributed by atoms with E-state index in [4.69, 9.17) is 15.1 Å². The molecular formula is C27H30N6. The van der Waals surface area contributed by atoms with Gasteiger partial charge in [0.25, 0.3) is 5.78 Å². The largest absolute Gasteiger partial charge is 0.367 e. The lowest BCUT2D eigenvalue weighted by molar-refractivity contribution is 0.211. The fourth-order valence-corrected chi connectivity index (χ4v) is 5.17. The van der Waals surface area contributed by atoms with Gasteiger partial charge in [-0.05, 0) is 44.1 Å². The Bertz CT molecular complexity index is 1230. The van der Waals surface area contributed by atoms with Crippen molar-refractivity contribution in [2.24, 2.45) is 0 Å². The van der Waals surface area contributed by atoms with Crippen LogP contribution in [0.4, 0.5) is 5.82 Å². The summed E-state index contributed by atoms with van der Waals surface area (Å²) in [6.45, 7) is 3.25. The first kappa shape index (κ1) is 20.4. The smallest absolute Gasteiger partial charge is 0.254 e. The summed E-state index contributed by atoms with van der Waals surface area (Å²) in [7, 11) is 0. The predicted molar refractivity (Wildman–Crippen MR) is 131 cm³/mol. The summed E-state index contributed by atoms with van der Waals surface area (Å²) >= 11 is 0. The molecule has 0 unspecified atom stereocenters. The van der Waals surface area contributed by atoms with E-state index in [1.807, 2.05) is 22.7 Å². The average Bonchev–Trinajstić information content (AvgIpc) is 3.30. The number of nitrogens with one attached hydrogen (secondary N) is 1. The SMILES string of the molecule is c1ccc(CN2CCC(Nc3c4c(nc5nc(-c6ccccc6)nn35)CCCC4)CC2)cc1. The van der Waals surface area contributed by atoms with Crippen molar-refractivity contribution in [3.05, 3.63) is 77.5 Å². The summed E-state index contributed by atoms with van der Waals surface area (Å²) in [6, 6.07) is 21.4. The minimum atomic E-state index is 0.443. The molecule has 6 rings (SSSR count). The molecule has 1 aliphatic carbocycles. The van der Waals surface area contributed by atoms with Gasteiger partial charge in [-0.15, -0.1) is 5.10 Å². The molecule has 1 aliphatic heterocycles. The molecule has 0 atom stereocenters. The first-order valence-electron chi connectivity index (χ1n) is 12.2. The van der Waals surface area contributed by atoms with Crippen LogP contribution in [0, 0.1) is 0 Å². The number of benzene rings is 2. The van der Waals surface area contributed by atoms with Crippen LogP contribution in [0.3, 0.4) is 0 Å². The number of anilines is 1. The molecule has 3 heterocycles. The number of piperidine rings is 1. The third-order valence-corrected chi connectivity index (χ3v) is 6.97. The maximum atomic E-state index is 4.92. The van der Waals surface area contributed by atoms with E-state index in [2.05, 4.69) is 52.7 Å². The Morgan fingerprint density at radius 2 is 1.58 bits per heavy atom. The zero-order chi connectivity index (χ0) is 22.0. The molecule has 0 bridgehead atoms. The van der Waals surface area contributed by atoms with E-state index in [1.165, 1.54) is 29.7 Å². The number of likely N-dealkylation sites (tertiary alicyclic amines) is 1. The first-order chi connectivity index (χ1) is 16.3. The van der Waals surface area contributed by atoms with Crippen molar-refractivity contribution in [3.8, 4) is 11.4 Å². The molecule has 2 aromatic carbocycles. The lowest BCUT2D eigenvalue weighted by atomic mass is 9.95. The number of aryl methyl sites for hydroxylation is 1. The standard InChI is InChI=1S/C27H30N6/c1-3-9-20(10-4-1)19-32-17-15-22(16-18-32)28-26-23-13-7-8-14-24(23)29-27-30-25(31-33(26)27)21-11-5-2-6-12-21/h1-6,9-12,22,28H,7-8,13-19H2. The van der Waals surface area contributed by atoms with Crippen LogP contribution < -0.4 is 5.32 Å². The van der Waals surface area contributed by atoms with Crippen LogP contribution in [-0.2, 0) is 19.4 Å². The highest BCUT2D eigenvalue weighted by Crippen LogP contribution is 2.30. The first-order valence-corrected chi connectivity index (χ1v) is 12.2. The van der Waals surface area contributed by atoms with Gasteiger partial charge in [0, 0.05) is 36.8 Å². The molecular weight excluding hydrogens is 408 g/mol. The number of rotatable bonds is 5. The highest BCUT2D eigenvalue weighted by Gasteiger charge is 2.25. The molecule has 168 valence electrons. The van der Waals surface area contributed by atoms with E-state index in [0.717, 1.165) is 62.5 Å². The predicted octanol–water partition coefficient (Wildman–Crippen LogP) is 4.75. The maximum Gasteiger partial charge on any atom is 0.254 e. The normalized spacial score (nSPS) is 17.2. The lowest BCUT2D eigenvalue weighted by Gasteiger charge is -2.33. The van der Waals surface area contributed by atoms with Gasteiger partial charge in [-0.3, -0.25) is 4.90 Å². The third-order valence-electron chi connectivity index (χ3n) is 6.97. The fourth-order valence-electron chi connectivity index (χ4n) is 5.17. The van der Waals surface area contributed by atoms with Crippen molar-refractivity contribution in [1.82, 2.24) is 24.5 Å². The third kappa shape index (κ3) is 4.23. The molecule has 0 radical (unpaired) electrons. The summed E-state index contributed by atoms with van der Waals surface area (Å²) in [6.07, 6.45) is 6.77. The minimum absolute atomic E-state index is 0.443. The quantitative estimate of drug-likeness (QED) is 0.487. The molecule has 33 heavy (non-hydrogen) atoms. The summed E-state index contributed by atoms with van der Waals surface area (Å²) < 4.78 is 1.96. The van der Waals surface area contributed by atoms with Crippen LogP contribution in [0.2, 0.25) is 0 Å². The van der Waals surface area contributed by atoms with Crippen LogP contribution in [0.5, 0.6) is 0 Å². The maximum absolute atomic E-state index is 4.92. The van der Waals surface area contributed by atoms with E-state index in [0.29, 0.717) is 11.8 Å². The lowest BCUT2D eigenvalue weighted by Crippen LogP contribution is -2.39. The van der Waals surface area contributed by atoms with Crippen molar-refractivity contribution >= 4 is 11.6 Å². The Morgan fingerprint density at radius 3 is 2.36 bits per heavy atom. The van der Waals surface area contributed by atoms with Gasteiger partial charge in [0.15, 0.2) is 5.82 Å². The molecule has 1 N–H and O–H groups in total. The zero-order valence-electron chi connectivity index (χ0n) is 19.0. The van der Waals surface area contributed by atoms with Crippen LogP contribution in [0.1, 0.15) is 42.5 Å². The highest BCUT2D eigenvalue weighted by atomic mass is 15.4. The van der Waals surface area contributed by atoms with Crippen molar-refractivity contribution in [1.29, 1.82) is 0 Å². The topological polar surface area (TPSA) is 58.3 Å². The molecule has 2 aromatic heterocycles. The molecule has 4 aromatic rings. The van der Waals surface area contributed by atoms with Gasteiger partial charge in [0.05, 0.1) is 5.69 Å². The van der Waals surface area contributed by atoms with Gasteiger partial charge < -0.3 is 5.32 Å². The number of aromatic nitrogens is 4. The molecule has 2 aliphatic rings. The average molecular weight is 439 g/mol. The summed E-state index contributed by atoms with van der Waals surface area (Å²) in [5, 5.41) is 8.79. The fraction of sp³-hybridized carbons (Fsp3) is 0.370. The minimum Gasteiger partial charge on any atom is -0.367 e.